The van der Waals surface area contributed by atoms with Crippen molar-refractivity contribution in [1.29, 1.82) is 0 Å². The molecular formula is C99H187N11O7. The lowest BCUT2D eigenvalue weighted by Gasteiger charge is -2.39. The van der Waals surface area contributed by atoms with Gasteiger partial charge in [-0.05, 0) is 145 Å². The minimum Gasteiger partial charge on any atom is -0.488 e. The molecule has 0 aromatic heterocycles. The number of rotatable bonds is 0. The fourth-order valence-corrected chi connectivity index (χ4v) is 15.4. The van der Waals surface area contributed by atoms with E-state index in [0.29, 0.717) is 43.6 Å². The van der Waals surface area contributed by atoms with Crippen LogP contribution in [0.5, 0.6) is 0 Å². The number of carbonyl (C=O) groups is 5. The van der Waals surface area contributed by atoms with E-state index in [1.807, 2.05) is 33.2 Å². The Bertz CT molecular complexity index is 3340. The van der Waals surface area contributed by atoms with Gasteiger partial charge in [-0.15, -0.1) is 0 Å². The summed E-state index contributed by atoms with van der Waals surface area (Å²) in [5.41, 5.74) is 21.7. The number of urea groups is 1. The number of carbonyl (C=O) groups excluding carboxylic acids is 5. The second-order valence-electron chi connectivity index (χ2n) is 48.7. The van der Waals surface area contributed by atoms with Gasteiger partial charge in [0.15, 0.2) is 6.61 Å². The average Bonchev–Trinajstić information content (AvgIpc) is 1.55. The molecule has 7 aliphatic heterocycles. The smallest absolute Gasteiger partial charge is 0.410 e. The number of hydrazine groups is 1. The monoisotopic (exact) mass is 1640 g/mol. The average molecular weight is 1640 g/mol. The van der Waals surface area contributed by atoms with Crippen molar-refractivity contribution in [1.82, 2.24) is 55.8 Å². The van der Waals surface area contributed by atoms with E-state index in [-0.39, 0.29) is 109 Å². The maximum absolute atomic E-state index is 12.1. The number of allylic oxidation sites excluding steroid dienone is 4. The normalized spacial score (nSPS) is 19.8. The Balaban J connectivity index is 0.00000134. The van der Waals surface area contributed by atoms with E-state index in [1.54, 1.807) is 38.5 Å². The lowest BCUT2D eigenvalue weighted by Crippen LogP contribution is -2.49. The molecule has 0 atom stereocenters. The van der Waals surface area contributed by atoms with Crippen LogP contribution in [-0.2, 0) is 23.9 Å². The molecule has 0 aromatic carbocycles. The van der Waals surface area contributed by atoms with Gasteiger partial charge in [0.05, 0.1) is 6.54 Å². The van der Waals surface area contributed by atoms with Crippen molar-refractivity contribution >= 4 is 29.8 Å². The van der Waals surface area contributed by atoms with Crippen molar-refractivity contribution in [2.75, 3.05) is 141 Å². The summed E-state index contributed by atoms with van der Waals surface area (Å²) in [6.07, 6.45) is 2.36. The molecule has 0 aliphatic carbocycles. The quantitative estimate of drug-likeness (QED) is 0.169. The highest BCUT2D eigenvalue weighted by atomic mass is 16.6. The third kappa shape index (κ3) is 36.3. The highest BCUT2D eigenvalue weighted by Crippen LogP contribution is 2.45. The van der Waals surface area contributed by atoms with Crippen molar-refractivity contribution in [2.24, 2.45) is 75.8 Å². The van der Waals surface area contributed by atoms with Gasteiger partial charge in [-0.2, -0.15) is 0 Å². The summed E-state index contributed by atoms with van der Waals surface area (Å²) in [7, 11) is 13.8. The number of ether oxygens (including phenoxy) is 2. The predicted octanol–water partition coefficient (Wildman–Crippen LogP) is 21.7. The molecule has 7 rings (SSSR count). The maximum atomic E-state index is 12.1. The summed E-state index contributed by atoms with van der Waals surface area (Å²) in [4.78, 5) is 71.2. The molecule has 18 heteroatoms. The summed E-state index contributed by atoms with van der Waals surface area (Å²) in [5, 5.41) is 11.6. The lowest BCUT2D eigenvalue weighted by atomic mass is 9.74. The minimum absolute atomic E-state index is 0. The van der Waals surface area contributed by atoms with Gasteiger partial charge in [-0.25, -0.2) is 14.6 Å². The topological polar surface area (TPSA) is 175 Å². The van der Waals surface area contributed by atoms with E-state index in [9.17, 15) is 24.0 Å². The van der Waals surface area contributed by atoms with Crippen molar-refractivity contribution in [3.8, 4) is 0 Å². The van der Waals surface area contributed by atoms with Gasteiger partial charge in [-0.1, -0.05) is 309 Å². The zero-order valence-electron chi connectivity index (χ0n) is 84.8. The van der Waals surface area contributed by atoms with E-state index in [2.05, 4.69) is 341 Å². The van der Waals surface area contributed by atoms with E-state index < -0.39 is 0 Å². The molecule has 0 saturated carbocycles. The molecule has 0 aromatic rings. The fraction of sp³-hybridized carbons (Fsp3) is 0.808. The van der Waals surface area contributed by atoms with Crippen molar-refractivity contribution in [3.63, 3.8) is 0 Å². The van der Waals surface area contributed by atoms with Crippen LogP contribution < -0.4 is 21.4 Å². The molecule has 0 radical (unpaired) electrons. The van der Waals surface area contributed by atoms with Gasteiger partial charge in [0.2, 0.25) is 5.91 Å². The summed E-state index contributed by atoms with van der Waals surface area (Å²) in [5.74, 6) is 1.16. The summed E-state index contributed by atoms with van der Waals surface area (Å²) in [6.45, 7) is 104. The Morgan fingerprint density at radius 2 is 0.684 bits per heavy atom. The van der Waals surface area contributed by atoms with Gasteiger partial charge in [-0.3, -0.25) is 24.7 Å². The Morgan fingerprint density at radius 3 is 1.09 bits per heavy atom. The lowest BCUT2D eigenvalue weighted by molar-refractivity contribution is -0.132. The summed E-state index contributed by atoms with van der Waals surface area (Å²) in [6, 6.07) is 0.0194. The highest BCUT2D eigenvalue weighted by molar-refractivity contribution is 5.96. The van der Waals surface area contributed by atoms with E-state index >= 15 is 0 Å². The molecule has 6 amide bonds. The van der Waals surface area contributed by atoms with Crippen LogP contribution in [0.3, 0.4) is 0 Å². The SMILES string of the molecule is C.CN1CC(=O)NC(C(C)(C)C)=C(C(C)(C)C)C1.CN1CC(C(C)(C)C)=C(C(C)(C)C)C(=O)N1.CN1CC(C(C)(C)C)=C(C(C)(C)C)CNC1=O.CN1CC(C(C)(C)C)=C(C(C)(C)C)COC1=O.CN1CC(C(C)(C)C)=C(C(C)(C)C)OCC1=O.CN1CCCC(C(C)(C)C)=C(C(C)(C)C)C1.CN1CCNC(C(C)(C)C)=C(C(C)(C)C)C1. The molecule has 18 nitrogen and oxygen atoms in total. The summed E-state index contributed by atoms with van der Waals surface area (Å²) < 4.78 is 11.1. The van der Waals surface area contributed by atoms with Crippen LogP contribution in [0, 0.1) is 75.8 Å². The Hall–Kier alpha value is -5.43. The first kappa shape index (κ1) is 112. The Labute approximate surface area is 721 Å². The van der Waals surface area contributed by atoms with Gasteiger partial charge < -0.3 is 49.9 Å². The maximum Gasteiger partial charge on any atom is 0.410 e. The minimum atomic E-state index is -0.231. The first-order valence-electron chi connectivity index (χ1n) is 43.4. The molecule has 7 heterocycles. The molecule has 4 N–H and O–H groups in total. The Morgan fingerprint density at radius 1 is 0.308 bits per heavy atom. The molecule has 0 saturated heterocycles. The number of cyclic esters (lactones) is 1. The van der Waals surface area contributed by atoms with Crippen LogP contribution in [0.15, 0.2) is 78.5 Å². The van der Waals surface area contributed by atoms with Crippen LogP contribution in [-0.4, -0.2) is 205 Å². The van der Waals surface area contributed by atoms with Crippen LogP contribution >= 0.6 is 0 Å². The number of nitrogens with one attached hydrogen (secondary N) is 4. The molecule has 0 fully saturated rings. The van der Waals surface area contributed by atoms with E-state index in [4.69, 9.17) is 9.47 Å². The third-order valence-electron chi connectivity index (χ3n) is 22.3. The standard InChI is InChI=1S/C15H29N.2C14H26N2O.C14H28N2.2C14H25NO2.C13H24N2O.CH4/c1-14(2,3)12-9-8-10-16(7)11-13(12)15(4,5)6;1-13(2,3)10-8-16(7)9-11(17)15-12(10)14(4,5)6;1-13(2,3)10-8-15-12(17)16(7)9-11(10)14(4,5)6;1-13(2,3)11-10-16(7)9-8-15-12(11)14(4,5)6;1-13(2,3)10-8-15(7)11(16)9-17-12(10)14(4,5)6;1-13(2,3)10-8-15(7)12(16)17-9-11(10)14(4,5)6;1-12(2,3)9-8-15(7)14-11(16)10(9)13(4,5)6;/h8-11H2,1-7H3;2*8-9H2,1-7H3,(H,15,17);15H,8-10H2,1-7H3;2*8-9H2,1-7H3;8H2,1-7H3,(H,14,16);1H4. The molecule has 0 unspecified atom stereocenters. The van der Waals surface area contributed by atoms with Gasteiger partial charge in [0, 0.05) is 127 Å². The largest absolute Gasteiger partial charge is 0.488 e. The zero-order chi connectivity index (χ0) is 91.6. The van der Waals surface area contributed by atoms with Crippen molar-refractivity contribution in [2.45, 2.75) is 311 Å². The van der Waals surface area contributed by atoms with Crippen LogP contribution in [0.25, 0.3) is 0 Å². The van der Waals surface area contributed by atoms with E-state index in [0.717, 1.165) is 62.8 Å². The van der Waals surface area contributed by atoms with Crippen molar-refractivity contribution in [3.05, 3.63) is 78.5 Å². The van der Waals surface area contributed by atoms with Gasteiger partial charge in [0.25, 0.3) is 11.8 Å². The molecule has 7 aliphatic rings. The summed E-state index contributed by atoms with van der Waals surface area (Å²) >= 11 is 0. The number of nitrogens with zero attached hydrogens (tertiary/aromatic N) is 7. The number of amides is 6. The highest BCUT2D eigenvalue weighted by Gasteiger charge is 2.41. The fourth-order valence-electron chi connectivity index (χ4n) is 15.4. The molecule has 0 spiro atoms. The van der Waals surface area contributed by atoms with Crippen LogP contribution in [0.1, 0.15) is 311 Å². The van der Waals surface area contributed by atoms with Gasteiger partial charge >= 0.3 is 12.1 Å². The van der Waals surface area contributed by atoms with Crippen LogP contribution in [0.2, 0.25) is 0 Å². The zero-order valence-corrected chi connectivity index (χ0v) is 84.8. The van der Waals surface area contributed by atoms with Gasteiger partial charge in [0.1, 0.15) is 12.4 Å². The number of hydrogen-bond donors (Lipinski definition) is 4. The van der Waals surface area contributed by atoms with E-state index in [1.165, 1.54) is 64.1 Å². The Kier molecular flexibility index (Phi) is 39.7. The van der Waals surface area contributed by atoms with Crippen LogP contribution in [0.4, 0.5) is 9.59 Å². The first-order chi connectivity index (χ1) is 51.4. The molecular weight excluding hydrogens is 1460 g/mol. The molecule has 117 heavy (non-hydrogen) atoms. The first-order valence-corrected chi connectivity index (χ1v) is 43.4. The second kappa shape index (κ2) is 41.6. The molecule has 0 bridgehead atoms. The number of hydrogen-bond acceptors (Lipinski definition) is 12. The third-order valence-corrected chi connectivity index (χ3v) is 22.3. The van der Waals surface area contributed by atoms with Crippen molar-refractivity contribution < 1.29 is 33.4 Å². The second-order valence-corrected chi connectivity index (χ2v) is 48.7. The number of likely N-dealkylation sites (N-methyl/N-ethyl adjacent to an activating group) is 7. The predicted molar refractivity (Wildman–Crippen MR) is 501 cm³/mol. The molecule has 680 valence electrons.